The van der Waals surface area contributed by atoms with Crippen molar-refractivity contribution in [2.75, 3.05) is 20.2 Å². The zero-order valence-electron chi connectivity index (χ0n) is 10.9. The van der Waals surface area contributed by atoms with Crippen LogP contribution in [0.25, 0.3) is 0 Å². The van der Waals surface area contributed by atoms with Gasteiger partial charge in [0.05, 0.1) is 18.8 Å². The minimum Gasteiger partial charge on any atom is -0.467 e. The molecule has 0 aliphatic carbocycles. The van der Waals surface area contributed by atoms with Crippen molar-refractivity contribution in [2.24, 2.45) is 0 Å². The van der Waals surface area contributed by atoms with Crippen molar-refractivity contribution in [3.8, 4) is 6.01 Å². The fraction of sp³-hybridized carbons (Fsp3) is 0.462. The molecule has 0 amide bonds. The van der Waals surface area contributed by atoms with Crippen LogP contribution in [0.5, 0.6) is 6.01 Å². The lowest BCUT2D eigenvalue weighted by molar-refractivity contribution is 0.304. The van der Waals surface area contributed by atoms with E-state index in [4.69, 9.17) is 4.74 Å². The summed E-state index contributed by atoms with van der Waals surface area (Å²) in [5.74, 6) is 0. The van der Waals surface area contributed by atoms with Gasteiger partial charge in [-0.2, -0.15) is 10.1 Å². The molecule has 0 aromatic carbocycles. The topological polar surface area (TPSA) is 56.1 Å². The van der Waals surface area contributed by atoms with Crippen LogP contribution in [-0.4, -0.2) is 44.8 Å². The third kappa shape index (κ3) is 2.73. The van der Waals surface area contributed by atoms with E-state index in [-0.39, 0.29) is 0 Å². The van der Waals surface area contributed by atoms with Crippen LogP contribution in [0, 0.1) is 0 Å². The van der Waals surface area contributed by atoms with Crippen molar-refractivity contribution < 1.29 is 4.74 Å². The summed E-state index contributed by atoms with van der Waals surface area (Å²) in [6, 6.07) is 4.81. The first-order valence-corrected chi connectivity index (χ1v) is 6.42. The Bertz CT molecular complexity index is 528. The molecule has 19 heavy (non-hydrogen) atoms. The van der Waals surface area contributed by atoms with E-state index in [1.165, 1.54) is 0 Å². The number of methoxy groups -OCH3 is 1. The number of nitrogens with zero attached hydrogens (tertiary/aromatic N) is 5. The van der Waals surface area contributed by atoms with Gasteiger partial charge in [-0.15, -0.1) is 0 Å². The quantitative estimate of drug-likeness (QED) is 0.823. The lowest BCUT2D eigenvalue weighted by atomic mass is 10.3. The van der Waals surface area contributed by atoms with E-state index < -0.39 is 0 Å². The first-order chi connectivity index (χ1) is 9.35. The van der Waals surface area contributed by atoms with Gasteiger partial charge in [-0.05, 0) is 18.6 Å². The van der Waals surface area contributed by atoms with Crippen molar-refractivity contribution in [1.29, 1.82) is 0 Å². The normalized spacial score (nSPS) is 19.7. The van der Waals surface area contributed by atoms with Crippen molar-refractivity contribution in [3.05, 3.63) is 36.4 Å². The molecule has 0 radical (unpaired) electrons. The van der Waals surface area contributed by atoms with Crippen LogP contribution in [0.3, 0.4) is 0 Å². The van der Waals surface area contributed by atoms with E-state index in [1.807, 2.05) is 29.2 Å². The molecule has 0 spiro atoms. The zero-order valence-corrected chi connectivity index (χ0v) is 10.9. The summed E-state index contributed by atoms with van der Waals surface area (Å²) in [6.45, 7) is 2.90. The Labute approximate surface area is 112 Å². The fourth-order valence-corrected chi connectivity index (χ4v) is 2.46. The Morgan fingerprint density at radius 3 is 3.16 bits per heavy atom. The van der Waals surface area contributed by atoms with Crippen molar-refractivity contribution in [2.45, 2.75) is 19.0 Å². The summed E-state index contributed by atoms with van der Waals surface area (Å²) in [6.07, 6.45) is 6.73. The first-order valence-electron chi connectivity index (χ1n) is 6.42. The molecule has 1 aliphatic heterocycles. The summed E-state index contributed by atoms with van der Waals surface area (Å²) >= 11 is 0. The van der Waals surface area contributed by atoms with Gasteiger partial charge < -0.3 is 4.74 Å². The number of likely N-dealkylation sites (tertiary alicyclic amines) is 1. The van der Waals surface area contributed by atoms with E-state index in [2.05, 4.69) is 20.0 Å². The second-order valence-corrected chi connectivity index (χ2v) is 4.70. The molecule has 0 saturated carbocycles. The minimum absolute atomic E-state index is 0.431. The molecular formula is C13H17N5O. The summed E-state index contributed by atoms with van der Waals surface area (Å²) in [4.78, 5) is 10.8. The van der Waals surface area contributed by atoms with Crippen LogP contribution < -0.4 is 4.74 Å². The van der Waals surface area contributed by atoms with E-state index in [9.17, 15) is 0 Å². The second kappa shape index (κ2) is 5.36. The fourth-order valence-electron chi connectivity index (χ4n) is 2.46. The third-order valence-electron chi connectivity index (χ3n) is 3.41. The highest BCUT2D eigenvalue weighted by atomic mass is 16.5. The Morgan fingerprint density at radius 1 is 1.42 bits per heavy atom. The molecule has 1 fully saturated rings. The van der Waals surface area contributed by atoms with Crippen molar-refractivity contribution >= 4 is 0 Å². The second-order valence-electron chi connectivity index (χ2n) is 4.70. The number of hydrogen-bond acceptors (Lipinski definition) is 5. The molecule has 1 unspecified atom stereocenters. The molecular weight excluding hydrogens is 242 g/mol. The maximum atomic E-state index is 5.04. The maximum absolute atomic E-state index is 5.04. The predicted octanol–water partition coefficient (Wildman–Crippen LogP) is 1.13. The van der Waals surface area contributed by atoms with E-state index in [0.717, 1.165) is 31.7 Å². The predicted molar refractivity (Wildman–Crippen MR) is 69.7 cm³/mol. The Balaban J connectivity index is 1.62. The van der Waals surface area contributed by atoms with Gasteiger partial charge in [-0.1, -0.05) is 0 Å². The average molecular weight is 259 g/mol. The molecule has 6 heteroatoms. The summed E-state index contributed by atoms with van der Waals surface area (Å²) in [7, 11) is 1.59. The molecule has 0 N–H and O–H groups in total. The molecule has 6 nitrogen and oxygen atoms in total. The van der Waals surface area contributed by atoms with E-state index in [1.54, 1.807) is 13.3 Å². The van der Waals surface area contributed by atoms with Gasteiger partial charge in [0, 0.05) is 38.2 Å². The summed E-state index contributed by atoms with van der Waals surface area (Å²) in [5, 5.41) is 4.31. The Morgan fingerprint density at radius 2 is 2.37 bits per heavy atom. The lowest BCUT2D eigenvalue weighted by Gasteiger charge is -2.15. The number of aromatic nitrogens is 4. The van der Waals surface area contributed by atoms with Gasteiger partial charge in [0.2, 0.25) is 0 Å². The molecule has 3 heterocycles. The standard InChI is InChI=1S/C13H17N5O/c1-19-13-14-6-3-11(16-13)9-17-8-4-12(10-17)18-7-2-5-15-18/h2-3,5-7,12H,4,8-10H2,1H3. The van der Waals surface area contributed by atoms with Gasteiger partial charge >= 0.3 is 6.01 Å². The zero-order chi connectivity index (χ0) is 13.1. The highest BCUT2D eigenvalue weighted by molar-refractivity contribution is 5.05. The van der Waals surface area contributed by atoms with Crippen LogP contribution in [0.4, 0.5) is 0 Å². The maximum Gasteiger partial charge on any atom is 0.316 e. The van der Waals surface area contributed by atoms with E-state index >= 15 is 0 Å². The number of ether oxygens (including phenoxy) is 1. The Kier molecular flexibility index (Phi) is 3.41. The minimum atomic E-state index is 0.431. The monoisotopic (exact) mass is 259 g/mol. The Hall–Kier alpha value is -1.95. The third-order valence-corrected chi connectivity index (χ3v) is 3.41. The molecule has 1 atom stereocenters. The van der Waals surface area contributed by atoms with Crippen LogP contribution in [0.1, 0.15) is 18.2 Å². The highest BCUT2D eigenvalue weighted by Gasteiger charge is 2.24. The molecule has 2 aromatic heterocycles. The molecule has 1 saturated heterocycles. The smallest absolute Gasteiger partial charge is 0.316 e. The SMILES string of the molecule is COc1nccc(CN2CCC(n3cccn3)C2)n1. The van der Waals surface area contributed by atoms with Crippen LogP contribution in [0.15, 0.2) is 30.7 Å². The van der Waals surface area contributed by atoms with E-state index in [0.29, 0.717) is 12.1 Å². The highest BCUT2D eigenvalue weighted by Crippen LogP contribution is 2.22. The average Bonchev–Trinajstić information content (AvgIpc) is 3.09. The molecule has 1 aliphatic rings. The molecule has 3 rings (SSSR count). The van der Waals surface area contributed by atoms with Crippen molar-refractivity contribution in [3.63, 3.8) is 0 Å². The van der Waals surface area contributed by atoms with Gasteiger partial charge in [0.25, 0.3) is 0 Å². The number of rotatable bonds is 4. The number of hydrogen-bond donors (Lipinski definition) is 0. The van der Waals surface area contributed by atoms with Crippen LogP contribution >= 0.6 is 0 Å². The van der Waals surface area contributed by atoms with Gasteiger partial charge in [0.1, 0.15) is 0 Å². The van der Waals surface area contributed by atoms with Crippen molar-refractivity contribution in [1.82, 2.24) is 24.6 Å². The first kappa shape index (κ1) is 12.1. The summed E-state index contributed by atoms with van der Waals surface area (Å²) in [5.41, 5.74) is 0.993. The van der Waals surface area contributed by atoms with Gasteiger partial charge in [-0.3, -0.25) is 9.58 Å². The van der Waals surface area contributed by atoms with Crippen LogP contribution in [-0.2, 0) is 6.54 Å². The molecule has 0 bridgehead atoms. The largest absolute Gasteiger partial charge is 0.467 e. The molecule has 2 aromatic rings. The molecule has 100 valence electrons. The summed E-state index contributed by atoms with van der Waals surface area (Å²) < 4.78 is 7.09. The van der Waals surface area contributed by atoms with Crippen LogP contribution in [0.2, 0.25) is 0 Å². The lowest BCUT2D eigenvalue weighted by Crippen LogP contribution is -2.22. The van der Waals surface area contributed by atoms with Gasteiger partial charge in [-0.25, -0.2) is 4.98 Å². The van der Waals surface area contributed by atoms with Gasteiger partial charge in [0.15, 0.2) is 0 Å².